The second kappa shape index (κ2) is 10.7. The fourth-order valence-corrected chi connectivity index (χ4v) is 6.54. The Balaban J connectivity index is 1.67. The maximum Gasteiger partial charge on any atom is 0.325 e. The number of amides is 1. The van der Waals surface area contributed by atoms with Gasteiger partial charge in [-0.2, -0.15) is 9.30 Å². The molecule has 36 heavy (non-hydrogen) atoms. The zero-order chi connectivity index (χ0) is 25.9. The lowest BCUT2D eigenvalue weighted by molar-refractivity contribution is -0.384. The van der Waals surface area contributed by atoms with E-state index in [1.807, 2.05) is 0 Å². The molecule has 0 unspecified atom stereocenters. The van der Waals surface area contributed by atoms with Gasteiger partial charge in [-0.3, -0.25) is 19.7 Å². The summed E-state index contributed by atoms with van der Waals surface area (Å²) < 4.78 is 34.1. The number of nitrogens with zero attached hydrogens (tertiary/aromatic N) is 4. The smallest absolute Gasteiger partial charge is 0.325 e. The maximum atomic E-state index is 13.0. The van der Waals surface area contributed by atoms with E-state index in [2.05, 4.69) is 4.99 Å². The molecule has 4 rings (SSSR count). The Labute approximate surface area is 210 Å². The second-order valence-corrected chi connectivity index (χ2v) is 11.2. The molecule has 0 radical (unpaired) electrons. The molecule has 1 saturated heterocycles. The van der Waals surface area contributed by atoms with Crippen molar-refractivity contribution in [2.75, 3.05) is 20.2 Å². The van der Waals surface area contributed by atoms with Gasteiger partial charge in [-0.05, 0) is 43.2 Å². The number of sulfonamides is 1. The van der Waals surface area contributed by atoms with Gasteiger partial charge in [0, 0.05) is 30.8 Å². The van der Waals surface area contributed by atoms with Crippen LogP contribution in [0.25, 0.3) is 10.2 Å². The summed E-state index contributed by atoms with van der Waals surface area (Å²) in [6.07, 6.45) is 3.64. The number of non-ortho nitro benzene ring substituents is 1. The van der Waals surface area contributed by atoms with Crippen LogP contribution in [-0.2, 0) is 26.1 Å². The van der Waals surface area contributed by atoms with Gasteiger partial charge >= 0.3 is 5.97 Å². The van der Waals surface area contributed by atoms with Crippen molar-refractivity contribution in [3.63, 3.8) is 0 Å². The van der Waals surface area contributed by atoms with Crippen molar-refractivity contribution in [2.45, 2.75) is 37.1 Å². The average Bonchev–Trinajstić information content (AvgIpc) is 3.03. The van der Waals surface area contributed by atoms with Crippen LogP contribution in [0.1, 0.15) is 36.0 Å². The zero-order valence-electron chi connectivity index (χ0n) is 19.5. The fourth-order valence-electron chi connectivity index (χ4n) is 3.96. The summed E-state index contributed by atoms with van der Waals surface area (Å²) in [6.45, 7) is 0.707. The molecule has 1 aliphatic heterocycles. The van der Waals surface area contributed by atoms with Gasteiger partial charge in [0.15, 0.2) is 4.80 Å². The first-order chi connectivity index (χ1) is 17.2. The number of methoxy groups -OCH3 is 1. The van der Waals surface area contributed by atoms with E-state index in [0.717, 1.165) is 37.0 Å². The third-order valence-corrected chi connectivity index (χ3v) is 8.85. The molecule has 1 aliphatic rings. The van der Waals surface area contributed by atoms with Gasteiger partial charge in [-0.15, -0.1) is 0 Å². The number of ether oxygens (including phenoxy) is 1. The Hall–Kier alpha value is -3.42. The number of esters is 1. The van der Waals surface area contributed by atoms with E-state index in [9.17, 15) is 28.1 Å². The van der Waals surface area contributed by atoms with Gasteiger partial charge < -0.3 is 9.30 Å². The maximum absolute atomic E-state index is 13.0. The van der Waals surface area contributed by atoms with E-state index >= 15 is 0 Å². The molecule has 2 heterocycles. The molecule has 1 fully saturated rings. The number of thiazole rings is 1. The van der Waals surface area contributed by atoms with Crippen molar-refractivity contribution in [1.82, 2.24) is 8.87 Å². The lowest BCUT2D eigenvalue weighted by Crippen LogP contribution is -2.31. The number of benzene rings is 2. The van der Waals surface area contributed by atoms with E-state index in [0.29, 0.717) is 23.3 Å². The van der Waals surface area contributed by atoms with Gasteiger partial charge in [0.2, 0.25) is 10.0 Å². The normalized spacial score (nSPS) is 15.5. The fraction of sp³-hybridized carbons (Fsp3) is 0.348. The van der Waals surface area contributed by atoms with Crippen LogP contribution < -0.4 is 4.80 Å². The zero-order valence-corrected chi connectivity index (χ0v) is 21.1. The minimum absolute atomic E-state index is 0.107. The Morgan fingerprint density at radius 2 is 1.75 bits per heavy atom. The lowest BCUT2D eigenvalue weighted by atomic mass is 10.2. The Kier molecular flexibility index (Phi) is 7.62. The van der Waals surface area contributed by atoms with Crippen LogP contribution in [0.4, 0.5) is 5.69 Å². The predicted octanol–water partition coefficient (Wildman–Crippen LogP) is 3.09. The van der Waals surface area contributed by atoms with E-state index < -0.39 is 26.8 Å². The van der Waals surface area contributed by atoms with Gasteiger partial charge in [-0.25, -0.2) is 8.42 Å². The van der Waals surface area contributed by atoms with Crippen LogP contribution >= 0.6 is 11.3 Å². The lowest BCUT2D eigenvalue weighted by Gasteiger charge is -2.19. The number of hydrogen-bond acceptors (Lipinski definition) is 8. The number of hydrogen-bond donors (Lipinski definition) is 0. The topological polar surface area (TPSA) is 141 Å². The van der Waals surface area contributed by atoms with Gasteiger partial charge in [0.25, 0.3) is 11.6 Å². The summed E-state index contributed by atoms with van der Waals surface area (Å²) >= 11 is 1.02. The molecule has 0 N–H and O–H groups in total. The predicted molar refractivity (Wildman–Crippen MR) is 132 cm³/mol. The van der Waals surface area contributed by atoms with Gasteiger partial charge in [-0.1, -0.05) is 24.2 Å². The highest BCUT2D eigenvalue weighted by molar-refractivity contribution is 7.89. The van der Waals surface area contributed by atoms with E-state index in [1.165, 1.54) is 58.4 Å². The van der Waals surface area contributed by atoms with Gasteiger partial charge in [0.05, 0.1) is 27.1 Å². The molecule has 0 aliphatic carbocycles. The quantitative estimate of drug-likeness (QED) is 0.270. The molecule has 1 amide bonds. The Morgan fingerprint density at radius 1 is 1.08 bits per heavy atom. The minimum Gasteiger partial charge on any atom is -0.468 e. The van der Waals surface area contributed by atoms with Crippen LogP contribution in [0.15, 0.2) is 52.4 Å². The first-order valence-electron chi connectivity index (χ1n) is 11.2. The van der Waals surface area contributed by atoms with E-state index in [1.54, 1.807) is 0 Å². The molecular formula is C23H24N4O7S2. The molecule has 0 bridgehead atoms. The molecule has 0 saturated carbocycles. The first-order valence-corrected chi connectivity index (χ1v) is 13.5. The molecule has 0 atom stereocenters. The first kappa shape index (κ1) is 25.7. The molecule has 13 heteroatoms. The SMILES string of the molecule is COC(=O)Cn1c(=NC(=O)c2ccc(S(=O)(=O)N3CCCCCC3)cc2)sc2cc([N+](=O)[O-])ccc21. The van der Waals surface area contributed by atoms with Crippen molar-refractivity contribution in [3.05, 3.63) is 62.9 Å². The summed E-state index contributed by atoms with van der Waals surface area (Å²) in [6, 6.07) is 9.72. The van der Waals surface area contributed by atoms with Crippen LogP contribution in [0.2, 0.25) is 0 Å². The number of fused-ring (bicyclic) bond motifs is 1. The Morgan fingerprint density at radius 3 is 2.36 bits per heavy atom. The van der Waals surface area contributed by atoms with Crippen molar-refractivity contribution in [3.8, 4) is 0 Å². The van der Waals surface area contributed by atoms with Crippen LogP contribution in [0, 0.1) is 10.1 Å². The third-order valence-electron chi connectivity index (χ3n) is 5.89. The number of carbonyl (C=O) groups is 2. The number of carbonyl (C=O) groups excluding carboxylic acids is 2. The van der Waals surface area contributed by atoms with E-state index in [4.69, 9.17) is 4.74 Å². The summed E-state index contributed by atoms with van der Waals surface area (Å²) in [5.74, 6) is -1.22. The van der Waals surface area contributed by atoms with Crippen molar-refractivity contribution in [2.24, 2.45) is 4.99 Å². The molecule has 190 valence electrons. The summed E-state index contributed by atoms with van der Waals surface area (Å²) in [5, 5.41) is 11.1. The number of nitro groups is 1. The third kappa shape index (κ3) is 5.37. The molecule has 2 aromatic carbocycles. The van der Waals surface area contributed by atoms with Crippen molar-refractivity contribution >= 4 is 49.1 Å². The summed E-state index contributed by atoms with van der Waals surface area (Å²) in [7, 11) is -2.43. The molecular weight excluding hydrogens is 508 g/mol. The van der Waals surface area contributed by atoms with Crippen LogP contribution in [-0.4, -0.2) is 54.3 Å². The molecule has 11 nitrogen and oxygen atoms in total. The number of rotatable bonds is 6. The van der Waals surface area contributed by atoms with Gasteiger partial charge in [0.1, 0.15) is 6.54 Å². The highest BCUT2D eigenvalue weighted by atomic mass is 32.2. The highest BCUT2D eigenvalue weighted by Gasteiger charge is 2.25. The summed E-state index contributed by atoms with van der Waals surface area (Å²) in [5.41, 5.74) is 0.521. The summed E-state index contributed by atoms with van der Waals surface area (Å²) in [4.78, 5) is 39.9. The molecule has 3 aromatic rings. The highest BCUT2D eigenvalue weighted by Crippen LogP contribution is 2.24. The molecule has 0 spiro atoms. The largest absolute Gasteiger partial charge is 0.468 e. The average molecular weight is 533 g/mol. The second-order valence-electron chi connectivity index (χ2n) is 8.22. The van der Waals surface area contributed by atoms with Crippen LogP contribution in [0.5, 0.6) is 0 Å². The van der Waals surface area contributed by atoms with E-state index in [-0.39, 0.29) is 27.5 Å². The molecule has 1 aromatic heterocycles. The van der Waals surface area contributed by atoms with Crippen molar-refractivity contribution < 1.29 is 27.7 Å². The monoisotopic (exact) mass is 532 g/mol. The number of nitro benzene ring substituents is 1. The Bertz CT molecular complexity index is 1480. The standard InChI is InChI=1S/C23H24N4O7S2/c1-34-21(28)15-26-19-11-8-17(27(30)31)14-20(19)35-23(26)24-22(29)16-6-9-18(10-7-16)36(32,33)25-12-4-2-3-5-13-25/h6-11,14H,2-5,12-13,15H2,1H3. The van der Waals surface area contributed by atoms with Crippen LogP contribution in [0.3, 0.4) is 0 Å². The minimum atomic E-state index is -3.66. The van der Waals surface area contributed by atoms with Crippen molar-refractivity contribution in [1.29, 1.82) is 0 Å². The number of aromatic nitrogens is 1.